The van der Waals surface area contributed by atoms with E-state index < -0.39 is 10.1 Å². The molecule has 0 atom stereocenters. The van der Waals surface area contributed by atoms with Crippen molar-refractivity contribution in [2.75, 3.05) is 7.11 Å². The minimum absolute atomic E-state index is 0.0445. The highest BCUT2D eigenvalue weighted by atomic mass is 35.5. The lowest BCUT2D eigenvalue weighted by atomic mass is 10.2. The number of hydrogen-bond acceptors (Lipinski definition) is 5. The van der Waals surface area contributed by atoms with Crippen molar-refractivity contribution in [3.8, 4) is 17.6 Å². The molecule has 0 spiro atoms. The van der Waals surface area contributed by atoms with E-state index in [1.807, 2.05) is 13.0 Å². The fourth-order valence-electron chi connectivity index (χ4n) is 1.75. The molecule has 2 aromatic rings. The van der Waals surface area contributed by atoms with Crippen LogP contribution >= 0.6 is 11.6 Å². The third-order valence-corrected chi connectivity index (χ3v) is 4.41. The Morgan fingerprint density at radius 2 is 1.86 bits per heavy atom. The van der Waals surface area contributed by atoms with Crippen molar-refractivity contribution in [2.24, 2.45) is 0 Å². The van der Waals surface area contributed by atoms with E-state index in [9.17, 15) is 8.42 Å². The first-order valence-corrected chi connectivity index (χ1v) is 7.95. The number of nitriles is 1. The smallest absolute Gasteiger partial charge is 0.339 e. The monoisotopic (exact) mass is 337 g/mol. The van der Waals surface area contributed by atoms with E-state index in [0.717, 1.165) is 5.56 Å². The van der Waals surface area contributed by atoms with Gasteiger partial charge in [0.05, 0.1) is 17.7 Å². The maximum atomic E-state index is 12.3. The summed E-state index contributed by atoms with van der Waals surface area (Å²) in [5, 5.41) is 8.85. The number of rotatable bonds is 4. The van der Waals surface area contributed by atoms with Crippen LogP contribution in [0.4, 0.5) is 0 Å². The SMILES string of the molecule is COc1cc(C)ccc1OS(=O)(=O)c1ccc(C#N)c(Cl)c1. The third-order valence-electron chi connectivity index (χ3n) is 2.87. The molecule has 0 bridgehead atoms. The molecule has 0 fully saturated rings. The number of ether oxygens (including phenoxy) is 1. The second-order valence-electron chi connectivity index (χ2n) is 4.45. The highest BCUT2D eigenvalue weighted by molar-refractivity contribution is 7.87. The van der Waals surface area contributed by atoms with Crippen LogP contribution in [0, 0.1) is 18.3 Å². The summed E-state index contributed by atoms with van der Waals surface area (Å²) in [5.41, 5.74) is 1.09. The molecule has 0 unspecified atom stereocenters. The van der Waals surface area contributed by atoms with Crippen molar-refractivity contribution < 1.29 is 17.3 Å². The van der Waals surface area contributed by atoms with E-state index in [1.54, 1.807) is 12.1 Å². The molecule has 0 saturated heterocycles. The quantitative estimate of drug-likeness (QED) is 0.800. The van der Waals surface area contributed by atoms with Gasteiger partial charge in [-0.2, -0.15) is 13.7 Å². The van der Waals surface area contributed by atoms with Gasteiger partial charge in [-0.25, -0.2) is 0 Å². The zero-order valence-electron chi connectivity index (χ0n) is 11.8. The Morgan fingerprint density at radius 3 is 2.45 bits per heavy atom. The average Bonchev–Trinajstić information content (AvgIpc) is 2.48. The van der Waals surface area contributed by atoms with Crippen LogP contribution in [0.15, 0.2) is 41.3 Å². The molecule has 0 heterocycles. The van der Waals surface area contributed by atoms with Crippen LogP contribution < -0.4 is 8.92 Å². The maximum Gasteiger partial charge on any atom is 0.339 e. The Bertz CT molecular complexity index is 856. The van der Waals surface area contributed by atoms with Crippen molar-refractivity contribution in [1.29, 1.82) is 5.26 Å². The maximum absolute atomic E-state index is 12.3. The molecule has 0 aliphatic heterocycles. The number of nitrogens with zero attached hydrogens (tertiary/aromatic N) is 1. The molecule has 0 amide bonds. The zero-order valence-corrected chi connectivity index (χ0v) is 13.4. The topological polar surface area (TPSA) is 76.4 Å². The molecular formula is C15H12ClNO4S. The van der Waals surface area contributed by atoms with Crippen LogP contribution in [0.5, 0.6) is 11.5 Å². The lowest BCUT2D eigenvalue weighted by molar-refractivity contribution is 0.390. The number of aryl methyl sites for hydroxylation is 1. The van der Waals surface area contributed by atoms with Gasteiger partial charge in [0.2, 0.25) is 0 Å². The van der Waals surface area contributed by atoms with Gasteiger partial charge in [-0.15, -0.1) is 0 Å². The van der Waals surface area contributed by atoms with Crippen LogP contribution in [-0.4, -0.2) is 15.5 Å². The summed E-state index contributed by atoms with van der Waals surface area (Å²) in [6.45, 7) is 1.85. The first-order valence-electron chi connectivity index (χ1n) is 6.16. The van der Waals surface area contributed by atoms with E-state index in [-0.39, 0.29) is 21.2 Å². The Kier molecular flexibility index (Phi) is 4.59. The highest BCUT2D eigenvalue weighted by Gasteiger charge is 2.20. The predicted molar refractivity (Wildman–Crippen MR) is 81.7 cm³/mol. The van der Waals surface area contributed by atoms with Crippen LogP contribution in [0.1, 0.15) is 11.1 Å². The van der Waals surface area contributed by atoms with E-state index >= 15 is 0 Å². The molecule has 0 aliphatic rings. The Morgan fingerprint density at radius 1 is 1.14 bits per heavy atom. The van der Waals surface area contributed by atoms with Crippen LogP contribution in [0.3, 0.4) is 0 Å². The standard InChI is InChI=1S/C15H12ClNO4S/c1-10-3-6-14(15(7-10)20-2)21-22(18,19)12-5-4-11(9-17)13(16)8-12/h3-8H,1-2H3. The lowest BCUT2D eigenvalue weighted by Gasteiger charge is -2.11. The van der Waals surface area contributed by atoms with Crippen molar-refractivity contribution in [3.63, 3.8) is 0 Å². The Balaban J connectivity index is 2.40. The molecule has 22 heavy (non-hydrogen) atoms. The molecule has 0 N–H and O–H groups in total. The molecule has 0 aliphatic carbocycles. The predicted octanol–water partition coefficient (Wildman–Crippen LogP) is 3.30. The van der Waals surface area contributed by atoms with Crippen LogP contribution in [0.2, 0.25) is 5.02 Å². The van der Waals surface area contributed by atoms with Crippen LogP contribution in [0.25, 0.3) is 0 Å². The van der Waals surface area contributed by atoms with Crippen molar-refractivity contribution >= 4 is 21.7 Å². The molecular weight excluding hydrogens is 326 g/mol. The highest BCUT2D eigenvalue weighted by Crippen LogP contribution is 2.31. The molecule has 0 radical (unpaired) electrons. The molecule has 7 heteroatoms. The van der Waals surface area contributed by atoms with Crippen LogP contribution in [-0.2, 0) is 10.1 Å². The van der Waals surface area contributed by atoms with Gasteiger partial charge in [0.15, 0.2) is 11.5 Å². The van der Waals surface area contributed by atoms with E-state index in [4.69, 9.17) is 25.8 Å². The molecule has 2 rings (SSSR count). The van der Waals surface area contributed by atoms with Crippen molar-refractivity contribution in [2.45, 2.75) is 11.8 Å². The van der Waals surface area contributed by atoms with Gasteiger partial charge >= 0.3 is 10.1 Å². The Labute approximate surface area is 133 Å². The van der Waals surface area contributed by atoms with E-state index in [2.05, 4.69) is 0 Å². The molecule has 0 saturated carbocycles. The fourth-order valence-corrected chi connectivity index (χ4v) is 3.01. The van der Waals surface area contributed by atoms with Gasteiger partial charge in [-0.05, 0) is 42.8 Å². The summed E-state index contributed by atoms with van der Waals surface area (Å²) in [4.78, 5) is -0.140. The number of methoxy groups -OCH3 is 1. The lowest BCUT2D eigenvalue weighted by Crippen LogP contribution is -2.10. The minimum Gasteiger partial charge on any atom is -0.493 e. The number of hydrogen-bond donors (Lipinski definition) is 0. The average molecular weight is 338 g/mol. The fraction of sp³-hybridized carbons (Fsp3) is 0.133. The van der Waals surface area contributed by atoms with Crippen molar-refractivity contribution in [1.82, 2.24) is 0 Å². The normalized spacial score (nSPS) is 10.8. The first-order chi connectivity index (χ1) is 10.4. The zero-order chi connectivity index (χ0) is 16.3. The van der Waals surface area contributed by atoms with Gasteiger partial charge in [0, 0.05) is 0 Å². The summed E-state index contributed by atoms with van der Waals surface area (Å²) < 4.78 is 34.8. The third kappa shape index (κ3) is 3.32. The van der Waals surface area contributed by atoms with E-state index in [0.29, 0.717) is 5.75 Å². The first kappa shape index (κ1) is 16.1. The summed E-state index contributed by atoms with van der Waals surface area (Å²) in [6.07, 6.45) is 0. The molecule has 114 valence electrons. The second-order valence-corrected chi connectivity index (χ2v) is 6.40. The molecule has 5 nitrogen and oxygen atoms in total. The second kappa shape index (κ2) is 6.26. The van der Waals surface area contributed by atoms with Gasteiger partial charge in [-0.1, -0.05) is 17.7 Å². The molecule has 0 aromatic heterocycles. The summed E-state index contributed by atoms with van der Waals surface area (Å²) in [5.74, 6) is 0.386. The molecule has 2 aromatic carbocycles. The van der Waals surface area contributed by atoms with Gasteiger partial charge < -0.3 is 8.92 Å². The summed E-state index contributed by atoms with van der Waals surface area (Å²) in [6, 6.07) is 10.5. The van der Waals surface area contributed by atoms with Gasteiger partial charge in [0.25, 0.3) is 0 Å². The van der Waals surface area contributed by atoms with Gasteiger partial charge in [0.1, 0.15) is 11.0 Å². The summed E-state index contributed by atoms with van der Waals surface area (Å²) >= 11 is 5.85. The van der Waals surface area contributed by atoms with Crippen molar-refractivity contribution in [3.05, 3.63) is 52.5 Å². The Hall–Kier alpha value is -2.23. The largest absolute Gasteiger partial charge is 0.493 e. The summed E-state index contributed by atoms with van der Waals surface area (Å²) in [7, 11) is -2.66. The number of halogens is 1. The number of benzene rings is 2. The van der Waals surface area contributed by atoms with Gasteiger partial charge in [-0.3, -0.25) is 0 Å². The minimum atomic E-state index is -4.08. The van der Waals surface area contributed by atoms with E-state index in [1.165, 1.54) is 31.4 Å².